The first-order valence-corrected chi connectivity index (χ1v) is 9.34. The molecule has 26 heavy (non-hydrogen) atoms. The summed E-state index contributed by atoms with van der Waals surface area (Å²) < 4.78 is 1.70. The van der Waals surface area contributed by atoms with Crippen LogP contribution in [0.1, 0.15) is 33.3 Å². The van der Waals surface area contributed by atoms with Crippen LogP contribution in [0.3, 0.4) is 0 Å². The Hall–Kier alpha value is -2.41. The van der Waals surface area contributed by atoms with Crippen LogP contribution >= 0.6 is 11.8 Å². The van der Waals surface area contributed by atoms with Crippen LogP contribution in [0.5, 0.6) is 0 Å². The second-order valence-electron chi connectivity index (χ2n) is 7.26. The third-order valence-corrected chi connectivity index (χ3v) is 5.29. The molecule has 0 aliphatic heterocycles. The standard InChI is InChI=1S/C19H23N5OS/c1-12(26-18-15-10-22-24(5)16(15)20-11-21-18)17(25)23-14-8-6-13(7-9-14)19(2,3)4/h6-12H,1-5H3,(H,23,25). The number of fused-ring (bicyclic) bond motifs is 1. The monoisotopic (exact) mass is 369 g/mol. The van der Waals surface area contributed by atoms with Gasteiger partial charge in [-0.15, -0.1) is 0 Å². The Morgan fingerprint density at radius 2 is 1.88 bits per heavy atom. The van der Waals surface area contributed by atoms with Crippen molar-refractivity contribution in [3.63, 3.8) is 0 Å². The summed E-state index contributed by atoms with van der Waals surface area (Å²) in [5.41, 5.74) is 2.88. The van der Waals surface area contributed by atoms with Crippen molar-refractivity contribution in [2.24, 2.45) is 7.05 Å². The Morgan fingerprint density at radius 1 is 1.19 bits per heavy atom. The van der Waals surface area contributed by atoms with Gasteiger partial charge >= 0.3 is 0 Å². The van der Waals surface area contributed by atoms with Gasteiger partial charge in [0.1, 0.15) is 11.4 Å². The topological polar surface area (TPSA) is 72.7 Å². The highest BCUT2D eigenvalue weighted by molar-refractivity contribution is 8.00. The number of aromatic nitrogens is 4. The third kappa shape index (κ3) is 3.88. The third-order valence-electron chi connectivity index (χ3n) is 4.17. The van der Waals surface area contributed by atoms with E-state index in [-0.39, 0.29) is 16.6 Å². The molecule has 0 saturated heterocycles. The Balaban J connectivity index is 1.70. The number of anilines is 1. The first-order chi connectivity index (χ1) is 12.3. The number of nitrogens with one attached hydrogen (secondary N) is 1. The number of hydrogen-bond acceptors (Lipinski definition) is 5. The van der Waals surface area contributed by atoms with Crippen LogP contribution in [0.4, 0.5) is 5.69 Å². The van der Waals surface area contributed by atoms with Crippen molar-refractivity contribution in [1.29, 1.82) is 0 Å². The van der Waals surface area contributed by atoms with Crippen LogP contribution in [0.2, 0.25) is 0 Å². The molecule has 1 aromatic carbocycles. The normalized spacial score (nSPS) is 13.0. The fraction of sp³-hybridized carbons (Fsp3) is 0.368. The number of hydrogen-bond donors (Lipinski definition) is 1. The summed E-state index contributed by atoms with van der Waals surface area (Å²) in [4.78, 5) is 21.1. The maximum absolute atomic E-state index is 12.5. The zero-order valence-corrected chi connectivity index (χ0v) is 16.5. The number of nitrogens with zero attached hydrogens (tertiary/aromatic N) is 4. The molecule has 1 N–H and O–H groups in total. The number of carbonyl (C=O) groups excluding carboxylic acids is 1. The number of rotatable bonds is 4. The quantitative estimate of drug-likeness (QED) is 0.560. The zero-order valence-electron chi connectivity index (χ0n) is 15.6. The van der Waals surface area contributed by atoms with Gasteiger partial charge in [-0.1, -0.05) is 44.7 Å². The minimum Gasteiger partial charge on any atom is -0.325 e. The number of aryl methyl sites for hydroxylation is 1. The molecule has 1 atom stereocenters. The molecule has 1 amide bonds. The molecule has 0 fully saturated rings. The summed E-state index contributed by atoms with van der Waals surface area (Å²) in [5, 5.41) is 8.49. The van der Waals surface area contributed by atoms with E-state index in [1.165, 1.54) is 23.7 Å². The SMILES string of the molecule is CC(Sc1ncnc2c1cnn2C)C(=O)Nc1ccc(C(C)(C)C)cc1. The molecule has 3 rings (SSSR count). The van der Waals surface area contributed by atoms with Crippen molar-refractivity contribution in [3.8, 4) is 0 Å². The number of thioether (sulfide) groups is 1. The average molecular weight is 369 g/mol. The molecule has 136 valence electrons. The van der Waals surface area contributed by atoms with Crippen LogP contribution in [0.25, 0.3) is 11.0 Å². The first-order valence-electron chi connectivity index (χ1n) is 8.46. The molecular formula is C19H23N5OS. The number of carbonyl (C=O) groups is 1. The number of amides is 1. The predicted molar refractivity (Wildman–Crippen MR) is 105 cm³/mol. The van der Waals surface area contributed by atoms with Crippen molar-refractivity contribution < 1.29 is 4.79 Å². The molecule has 0 bridgehead atoms. The summed E-state index contributed by atoms with van der Waals surface area (Å²) in [6.45, 7) is 8.37. The Bertz CT molecular complexity index is 927. The van der Waals surface area contributed by atoms with E-state index in [1.54, 1.807) is 10.9 Å². The first kappa shape index (κ1) is 18.4. The average Bonchev–Trinajstić information content (AvgIpc) is 2.97. The number of benzene rings is 1. The second-order valence-corrected chi connectivity index (χ2v) is 8.59. The highest BCUT2D eigenvalue weighted by Gasteiger charge is 2.19. The van der Waals surface area contributed by atoms with Crippen molar-refractivity contribution >= 4 is 34.4 Å². The van der Waals surface area contributed by atoms with Gasteiger partial charge in [0.25, 0.3) is 0 Å². The van der Waals surface area contributed by atoms with Gasteiger partial charge in [0.2, 0.25) is 5.91 Å². The summed E-state index contributed by atoms with van der Waals surface area (Å²) in [7, 11) is 1.83. The second kappa shape index (κ2) is 7.07. The van der Waals surface area contributed by atoms with Gasteiger partial charge in [0.15, 0.2) is 5.65 Å². The van der Waals surface area contributed by atoms with E-state index >= 15 is 0 Å². The highest BCUT2D eigenvalue weighted by Crippen LogP contribution is 2.28. The van der Waals surface area contributed by atoms with Gasteiger partial charge in [0, 0.05) is 12.7 Å². The fourth-order valence-electron chi connectivity index (χ4n) is 2.55. The molecule has 3 aromatic rings. The van der Waals surface area contributed by atoms with E-state index in [0.29, 0.717) is 0 Å². The molecule has 1 unspecified atom stereocenters. The Morgan fingerprint density at radius 3 is 2.54 bits per heavy atom. The maximum atomic E-state index is 12.5. The summed E-state index contributed by atoms with van der Waals surface area (Å²) in [6, 6.07) is 7.99. The van der Waals surface area contributed by atoms with Crippen LogP contribution < -0.4 is 5.32 Å². The van der Waals surface area contributed by atoms with E-state index < -0.39 is 0 Å². The van der Waals surface area contributed by atoms with Crippen LogP contribution in [0, 0.1) is 0 Å². The largest absolute Gasteiger partial charge is 0.325 e. The molecular weight excluding hydrogens is 346 g/mol. The van der Waals surface area contributed by atoms with Crippen molar-refractivity contribution in [2.45, 2.75) is 43.4 Å². The predicted octanol–water partition coefficient (Wildman–Crippen LogP) is 3.78. The summed E-state index contributed by atoms with van der Waals surface area (Å²) in [6.07, 6.45) is 3.23. The van der Waals surface area contributed by atoms with E-state index in [1.807, 2.05) is 26.1 Å². The molecule has 0 aliphatic rings. The van der Waals surface area contributed by atoms with Gasteiger partial charge < -0.3 is 5.32 Å². The Kier molecular flexibility index (Phi) is 5.00. The molecule has 2 aromatic heterocycles. The lowest BCUT2D eigenvalue weighted by Crippen LogP contribution is -2.22. The van der Waals surface area contributed by atoms with Gasteiger partial charge in [-0.25, -0.2) is 9.97 Å². The summed E-state index contributed by atoms with van der Waals surface area (Å²) in [5.74, 6) is -0.0610. The molecule has 6 nitrogen and oxygen atoms in total. The molecule has 0 saturated carbocycles. The van der Waals surface area contributed by atoms with Crippen LogP contribution in [0.15, 0.2) is 41.8 Å². The Labute approximate surface area is 157 Å². The van der Waals surface area contributed by atoms with Gasteiger partial charge in [-0.3, -0.25) is 9.48 Å². The molecule has 7 heteroatoms. The van der Waals surface area contributed by atoms with Crippen LogP contribution in [-0.4, -0.2) is 30.9 Å². The van der Waals surface area contributed by atoms with Gasteiger partial charge in [-0.05, 0) is 30.0 Å². The fourth-order valence-corrected chi connectivity index (χ4v) is 3.43. The molecule has 0 radical (unpaired) electrons. The maximum Gasteiger partial charge on any atom is 0.237 e. The lowest BCUT2D eigenvalue weighted by atomic mass is 9.87. The van der Waals surface area contributed by atoms with E-state index in [2.05, 4.69) is 53.3 Å². The lowest BCUT2D eigenvalue weighted by Gasteiger charge is -2.19. The van der Waals surface area contributed by atoms with Gasteiger partial charge in [-0.2, -0.15) is 5.10 Å². The van der Waals surface area contributed by atoms with E-state index in [9.17, 15) is 4.79 Å². The van der Waals surface area contributed by atoms with Crippen molar-refractivity contribution in [1.82, 2.24) is 19.7 Å². The zero-order chi connectivity index (χ0) is 18.9. The highest BCUT2D eigenvalue weighted by atomic mass is 32.2. The minimum absolute atomic E-state index is 0.0610. The molecule has 0 spiro atoms. The smallest absolute Gasteiger partial charge is 0.237 e. The summed E-state index contributed by atoms with van der Waals surface area (Å²) >= 11 is 1.40. The molecule has 0 aliphatic carbocycles. The molecule has 2 heterocycles. The van der Waals surface area contributed by atoms with Gasteiger partial charge in [0.05, 0.1) is 16.8 Å². The van der Waals surface area contributed by atoms with E-state index in [4.69, 9.17) is 0 Å². The van der Waals surface area contributed by atoms with Crippen molar-refractivity contribution in [3.05, 3.63) is 42.4 Å². The lowest BCUT2D eigenvalue weighted by molar-refractivity contribution is -0.115. The minimum atomic E-state index is -0.296. The van der Waals surface area contributed by atoms with E-state index in [0.717, 1.165) is 21.7 Å². The van der Waals surface area contributed by atoms with Crippen LogP contribution in [-0.2, 0) is 17.3 Å². The van der Waals surface area contributed by atoms with Crippen molar-refractivity contribution in [2.75, 3.05) is 5.32 Å².